The first-order valence-corrected chi connectivity index (χ1v) is 7.88. The van der Waals surface area contributed by atoms with Gasteiger partial charge >= 0.3 is 0 Å². The van der Waals surface area contributed by atoms with E-state index in [1.54, 1.807) is 0 Å². The van der Waals surface area contributed by atoms with Gasteiger partial charge in [-0.25, -0.2) is 8.42 Å². The summed E-state index contributed by atoms with van der Waals surface area (Å²) in [6.45, 7) is 2.54. The van der Waals surface area contributed by atoms with E-state index >= 15 is 0 Å². The third-order valence-corrected chi connectivity index (χ3v) is 4.03. The van der Waals surface area contributed by atoms with Gasteiger partial charge in [0.1, 0.15) is 9.84 Å². The molecular weight excluding hydrogens is 290 g/mol. The van der Waals surface area contributed by atoms with E-state index in [1.165, 1.54) is 6.26 Å². The molecule has 0 bridgehead atoms. The van der Waals surface area contributed by atoms with Crippen molar-refractivity contribution in [3.8, 4) is 0 Å². The van der Waals surface area contributed by atoms with Crippen molar-refractivity contribution >= 4 is 25.8 Å². The molecule has 0 heterocycles. The Morgan fingerprint density at radius 1 is 1.38 bits per heavy atom. The molecule has 0 saturated carbocycles. The van der Waals surface area contributed by atoms with E-state index in [9.17, 15) is 8.42 Å². The van der Waals surface area contributed by atoms with Crippen LogP contribution in [0.15, 0.2) is 28.7 Å². The lowest BCUT2D eigenvalue weighted by molar-refractivity contribution is 0.559. The van der Waals surface area contributed by atoms with Crippen LogP contribution in [0.5, 0.6) is 0 Å². The molecule has 1 aromatic rings. The molecule has 1 N–H and O–H groups in total. The normalized spacial score (nSPS) is 13.7. The summed E-state index contributed by atoms with van der Waals surface area (Å²) >= 11 is 3.45. The van der Waals surface area contributed by atoms with Gasteiger partial charge in [0.05, 0.1) is 5.75 Å². The molecule has 0 amide bonds. The molecule has 0 saturated heterocycles. The summed E-state index contributed by atoms with van der Waals surface area (Å²) in [7, 11) is -2.91. The van der Waals surface area contributed by atoms with Crippen molar-refractivity contribution in [3.63, 3.8) is 0 Å². The van der Waals surface area contributed by atoms with Gasteiger partial charge < -0.3 is 5.32 Å². The van der Waals surface area contributed by atoms with Crippen molar-refractivity contribution in [1.82, 2.24) is 5.32 Å². The quantitative estimate of drug-likeness (QED) is 0.905. The van der Waals surface area contributed by atoms with E-state index in [0.29, 0.717) is 6.54 Å². The highest BCUT2D eigenvalue weighted by Gasteiger charge is 2.10. The third kappa shape index (κ3) is 5.09. The molecule has 16 heavy (non-hydrogen) atoms. The van der Waals surface area contributed by atoms with Crippen LogP contribution in [-0.4, -0.2) is 26.5 Å². The topological polar surface area (TPSA) is 46.2 Å². The average Bonchev–Trinajstić information content (AvgIpc) is 2.14. The number of sulfone groups is 1. The van der Waals surface area contributed by atoms with Gasteiger partial charge in [-0.3, -0.25) is 0 Å². The summed E-state index contributed by atoms with van der Waals surface area (Å²) in [5.41, 5.74) is 1.13. The number of halogens is 1. The maximum Gasteiger partial charge on any atom is 0.148 e. The summed E-state index contributed by atoms with van der Waals surface area (Å²) in [6, 6.07) is 7.85. The van der Waals surface area contributed by atoms with Gasteiger partial charge in [-0.1, -0.05) is 34.1 Å². The Kier molecular flexibility index (Phi) is 4.95. The summed E-state index contributed by atoms with van der Waals surface area (Å²) in [6.07, 6.45) is 1.25. The molecule has 3 nitrogen and oxygen atoms in total. The fourth-order valence-electron chi connectivity index (χ4n) is 1.44. The second-order valence-corrected chi connectivity index (χ2v) is 7.00. The molecule has 0 aromatic heterocycles. The zero-order valence-electron chi connectivity index (χ0n) is 9.40. The molecule has 5 heteroatoms. The highest BCUT2D eigenvalue weighted by atomic mass is 79.9. The first-order valence-electron chi connectivity index (χ1n) is 5.03. The van der Waals surface area contributed by atoms with Gasteiger partial charge in [0.2, 0.25) is 0 Å². The maximum absolute atomic E-state index is 11.1. The zero-order chi connectivity index (χ0) is 12.2. The largest absolute Gasteiger partial charge is 0.309 e. The first-order chi connectivity index (χ1) is 7.38. The van der Waals surface area contributed by atoms with Crippen LogP contribution in [0.25, 0.3) is 0 Å². The van der Waals surface area contributed by atoms with E-state index in [2.05, 4.69) is 21.2 Å². The standard InChI is InChI=1S/C11H16BrNO2S/c1-9(8-16(2,14)15)13-7-10-5-3-4-6-11(10)12/h3-6,9,13H,7-8H2,1-2H3. The van der Waals surface area contributed by atoms with Crippen LogP contribution >= 0.6 is 15.9 Å². The fraction of sp³-hybridized carbons (Fsp3) is 0.455. The van der Waals surface area contributed by atoms with Gasteiger partial charge in [0.15, 0.2) is 0 Å². The Morgan fingerprint density at radius 3 is 2.56 bits per heavy atom. The number of hydrogen-bond donors (Lipinski definition) is 1. The number of hydrogen-bond acceptors (Lipinski definition) is 3. The van der Waals surface area contributed by atoms with E-state index < -0.39 is 9.84 Å². The number of benzene rings is 1. The van der Waals surface area contributed by atoms with Crippen LogP contribution in [0.1, 0.15) is 12.5 Å². The van der Waals surface area contributed by atoms with E-state index in [1.807, 2.05) is 31.2 Å². The minimum Gasteiger partial charge on any atom is -0.309 e. The average molecular weight is 306 g/mol. The monoisotopic (exact) mass is 305 g/mol. The van der Waals surface area contributed by atoms with Gasteiger partial charge in [0, 0.05) is 23.3 Å². The van der Waals surface area contributed by atoms with Crippen LogP contribution in [0.4, 0.5) is 0 Å². The predicted octanol–water partition coefficient (Wildman–Crippen LogP) is 1.97. The fourth-order valence-corrected chi connectivity index (χ4v) is 2.89. The maximum atomic E-state index is 11.1. The van der Waals surface area contributed by atoms with Crippen molar-refractivity contribution in [3.05, 3.63) is 34.3 Å². The minimum atomic E-state index is -2.91. The summed E-state index contributed by atoms with van der Waals surface area (Å²) in [5.74, 6) is 0.164. The molecule has 0 fully saturated rings. The minimum absolute atomic E-state index is 0.0397. The molecule has 90 valence electrons. The predicted molar refractivity (Wildman–Crippen MR) is 70.2 cm³/mol. The van der Waals surface area contributed by atoms with Gasteiger partial charge in [0.25, 0.3) is 0 Å². The molecule has 0 aliphatic rings. The molecule has 1 unspecified atom stereocenters. The summed E-state index contributed by atoms with van der Waals surface area (Å²) < 4.78 is 23.2. The highest BCUT2D eigenvalue weighted by molar-refractivity contribution is 9.10. The van der Waals surface area contributed by atoms with Crippen LogP contribution in [-0.2, 0) is 16.4 Å². The van der Waals surface area contributed by atoms with Crippen molar-refractivity contribution in [2.75, 3.05) is 12.0 Å². The smallest absolute Gasteiger partial charge is 0.148 e. The molecule has 0 spiro atoms. The molecule has 1 rings (SSSR count). The third-order valence-electron chi connectivity index (χ3n) is 2.15. The molecule has 0 aliphatic heterocycles. The van der Waals surface area contributed by atoms with Crippen LogP contribution in [0.2, 0.25) is 0 Å². The molecule has 1 aromatic carbocycles. The van der Waals surface area contributed by atoms with Crippen molar-refractivity contribution in [2.45, 2.75) is 19.5 Å². The SMILES string of the molecule is CC(CS(C)(=O)=O)NCc1ccccc1Br. The van der Waals surface area contributed by atoms with Crippen molar-refractivity contribution in [2.24, 2.45) is 0 Å². The lowest BCUT2D eigenvalue weighted by Crippen LogP contribution is -2.32. The first kappa shape index (κ1) is 13.7. The van der Waals surface area contributed by atoms with Gasteiger partial charge in [-0.05, 0) is 18.6 Å². The second-order valence-electron chi connectivity index (χ2n) is 3.97. The van der Waals surface area contributed by atoms with Crippen molar-refractivity contribution in [1.29, 1.82) is 0 Å². The van der Waals surface area contributed by atoms with Gasteiger partial charge in [-0.2, -0.15) is 0 Å². The van der Waals surface area contributed by atoms with Crippen LogP contribution in [0, 0.1) is 0 Å². The molecule has 0 radical (unpaired) electrons. The number of nitrogens with one attached hydrogen (secondary N) is 1. The van der Waals surface area contributed by atoms with Crippen LogP contribution in [0.3, 0.4) is 0 Å². The van der Waals surface area contributed by atoms with Crippen LogP contribution < -0.4 is 5.32 Å². The molecule has 0 aliphatic carbocycles. The van der Waals surface area contributed by atoms with E-state index in [-0.39, 0.29) is 11.8 Å². The van der Waals surface area contributed by atoms with E-state index in [0.717, 1.165) is 10.0 Å². The Labute approximate surface area is 105 Å². The zero-order valence-corrected chi connectivity index (χ0v) is 11.8. The second kappa shape index (κ2) is 5.80. The number of rotatable bonds is 5. The lowest BCUT2D eigenvalue weighted by atomic mass is 10.2. The molecule has 1 atom stereocenters. The van der Waals surface area contributed by atoms with Gasteiger partial charge in [-0.15, -0.1) is 0 Å². The highest BCUT2D eigenvalue weighted by Crippen LogP contribution is 2.15. The summed E-state index contributed by atoms with van der Waals surface area (Å²) in [4.78, 5) is 0. The Bertz CT molecular complexity index is 445. The Balaban J connectivity index is 2.49. The lowest BCUT2D eigenvalue weighted by Gasteiger charge is -2.13. The Hall–Kier alpha value is -0.390. The Morgan fingerprint density at radius 2 is 2.00 bits per heavy atom. The summed E-state index contributed by atoms with van der Waals surface area (Å²) in [5, 5.41) is 3.19. The van der Waals surface area contributed by atoms with Crippen molar-refractivity contribution < 1.29 is 8.42 Å². The van der Waals surface area contributed by atoms with E-state index in [4.69, 9.17) is 0 Å². The molecular formula is C11H16BrNO2S.